The van der Waals surface area contributed by atoms with Gasteiger partial charge in [-0.2, -0.15) is 16.4 Å². The van der Waals surface area contributed by atoms with E-state index in [-0.39, 0.29) is 28.7 Å². The Balaban J connectivity index is 1.87. The Morgan fingerprint density at radius 1 is 1.30 bits per heavy atom. The van der Waals surface area contributed by atoms with Crippen molar-refractivity contribution in [3.8, 4) is 22.8 Å². The van der Waals surface area contributed by atoms with E-state index in [0.29, 0.717) is 10.9 Å². The first-order chi connectivity index (χ1) is 14.3. The molecule has 0 fully saturated rings. The highest BCUT2D eigenvalue weighted by atomic mass is 32.1. The summed E-state index contributed by atoms with van der Waals surface area (Å²) in [5, 5.41) is 22.7. The van der Waals surface area contributed by atoms with Crippen LogP contribution in [0.4, 0.5) is 14.6 Å². The summed E-state index contributed by atoms with van der Waals surface area (Å²) in [6.45, 7) is 3.13. The third kappa shape index (κ3) is 3.59. The lowest BCUT2D eigenvalue weighted by atomic mass is 10.0. The lowest BCUT2D eigenvalue weighted by Crippen LogP contribution is -2.30. The van der Waals surface area contributed by atoms with E-state index < -0.39 is 29.6 Å². The molecule has 4 rings (SSSR count). The van der Waals surface area contributed by atoms with Gasteiger partial charge in [0.25, 0.3) is 0 Å². The topological polar surface area (TPSA) is 117 Å². The van der Waals surface area contributed by atoms with E-state index >= 15 is 4.39 Å². The van der Waals surface area contributed by atoms with Gasteiger partial charge < -0.3 is 10.4 Å². The van der Waals surface area contributed by atoms with Crippen LogP contribution >= 0.6 is 11.3 Å². The fourth-order valence-corrected chi connectivity index (χ4v) is 3.48. The largest absolute Gasteiger partial charge is 0.481 e. The highest BCUT2D eigenvalue weighted by molar-refractivity contribution is 7.08. The average molecular weight is 430 g/mol. The first kappa shape index (κ1) is 19.8. The molecule has 4 aromatic rings. The Hall–Kier alpha value is -3.47. The third-order valence-electron chi connectivity index (χ3n) is 4.75. The first-order valence-corrected chi connectivity index (χ1v) is 9.89. The zero-order valence-electron chi connectivity index (χ0n) is 15.8. The predicted octanol–water partition coefficient (Wildman–Crippen LogP) is 3.94. The van der Waals surface area contributed by atoms with Crippen molar-refractivity contribution in [1.29, 1.82) is 0 Å². The van der Waals surface area contributed by atoms with Crippen molar-refractivity contribution >= 4 is 34.2 Å². The summed E-state index contributed by atoms with van der Waals surface area (Å²) in [7, 11) is 0. The maximum Gasteiger partial charge on any atom is 0.308 e. The van der Waals surface area contributed by atoms with Crippen molar-refractivity contribution in [2.24, 2.45) is 5.92 Å². The number of nitrogens with one attached hydrogen (secondary N) is 2. The molecule has 0 aromatic carbocycles. The standard InChI is InChI=1S/C19H16F2N6O2S/c1-8(19(28)29)9(2)23-17-13(21)14(10-3-4-30-7-10)24-18(25-17)15-12-5-11(20)6-22-16(12)27-26-15/h3-9H,1-2H3,(H,28,29)(H,22,26,27)(H,23,24,25)/t8-,9-/m0/s1. The fourth-order valence-electron chi connectivity index (χ4n) is 2.84. The molecule has 0 unspecified atom stereocenters. The van der Waals surface area contributed by atoms with Crippen LogP contribution in [0, 0.1) is 17.6 Å². The summed E-state index contributed by atoms with van der Waals surface area (Å²) in [5.41, 5.74) is 1.11. The highest BCUT2D eigenvalue weighted by Gasteiger charge is 2.24. The number of hydrogen-bond acceptors (Lipinski definition) is 7. The monoisotopic (exact) mass is 430 g/mol. The molecule has 0 aliphatic carbocycles. The lowest BCUT2D eigenvalue weighted by molar-refractivity contribution is -0.141. The van der Waals surface area contributed by atoms with Crippen molar-refractivity contribution in [2.75, 3.05) is 5.32 Å². The van der Waals surface area contributed by atoms with Gasteiger partial charge in [-0.15, -0.1) is 0 Å². The van der Waals surface area contributed by atoms with Crippen LogP contribution in [0.25, 0.3) is 33.8 Å². The number of carboxylic acid groups (broad SMARTS) is 1. The van der Waals surface area contributed by atoms with Crippen LogP contribution in [0.15, 0.2) is 29.1 Å². The SMILES string of the molecule is C[C@H](Nc1nc(-c2[nH]nc3ncc(F)cc23)nc(-c2ccsc2)c1F)[C@H](C)C(=O)O. The van der Waals surface area contributed by atoms with Crippen LogP contribution in [0.2, 0.25) is 0 Å². The molecule has 0 saturated carbocycles. The van der Waals surface area contributed by atoms with Crippen molar-refractivity contribution < 1.29 is 18.7 Å². The number of rotatable bonds is 6. The molecule has 8 nitrogen and oxygen atoms in total. The number of fused-ring (bicyclic) bond motifs is 1. The number of carbonyl (C=O) groups is 1. The Morgan fingerprint density at radius 3 is 2.80 bits per heavy atom. The summed E-state index contributed by atoms with van der Waals surface area (Å²) in [6.07, 6.45) is 1.04. The Morgan fingerprint density at radius 2 is 2.10 bits per heavy atom. The van der Waals surface area contributed by atoms with E-state index in [1.807, 2.05) is 0 Å². The Kier molecular flexibility index (Phi) is 5.12. The number of pyridine rings is 1. The molecule has 3 N–H and O–H groups in total. The van der Waals surface area contributed by atoms with Crippen LogP contribution in [0.5, 0.6) is 0 Å². The maximum atomic E-state index is 15.2. The van der Waals surface area contributed by atoms with E-state index in [1.165, 1.54) is 24.3 Å². The molecule has 0 saturated heterocycles. The number of aromatic nitrogens is 5. The molecule has 0 spiro atoms. The van der Waals surface area contributed by atoms with Gasteiger partial charge in [-0.1, -0.05) is 0 Å². The van der Waals surface area contributed by atoms with Gasteiger partial charge in [-0.05, 0) is 31.4 Å². The normalized spacial score (nSPS) is 13.3. The number of thiophene rings is 1. The molecule has 0 aliphatic rings. The zero-order valence-corrected chi connectivity index (χ0v) is 16.7. The quantitative estimate of drug-likeness (QED) is 0.424. The number of nitrogens with zero attached hydrogens (tertiary/aromatic N) is 4. The number of H-pyrrole nitrogens is 1. The minimum atomic E-state index is -1.02. The van der Waals surface area contributed by atoms with E-state index in [0.717, 1.165) is 6.20 Å². The Bertz CT molecular complexity index is 1230. The smallest absolute Gasteiger partial charge is 0.308 e. The second-order valence-corrected chi connectivity index (χ2v) is 7.53. The van der Waals surface area contributed by atoms with Crippen LogP contribution in [0.3, 0.4) is 0 Å². The predicted molar refractivity (Wildman–Crippen MR) is 108 cm³/mol. The number of hydrogen-bond donors (Lipinski definition) is 3. The number of anilines is 1. The van der Waals surface area contributed by atoms with Crippen molar-refractivity contribution in [3.63, 3.8) is 0 Å². The van der Waals surface area contributed by atoms with Crippen LogP contribution < -0.4 is 5.32 Å². The Labute approximate surface area is 173 Å². The van der Waals surface area contributed by atoms with E-state index in [2.05, 4.69) is 30.5 Å². The van der Waals surface area contributed by atoms with Gasteiger partial charge in [-0.25, -0.2) is 23.7 Å². The lowest BCUT2D eigenvalue weighted by Gasteiger charge is -2.19. The van der Waals surface area contributed by atoms with Gasteiger partial charge in [0.1, 0.15) is 17.2 Å². The number of aliphatic carboxylic acids is 1. The van der Waals surface area contributed by atoms with E-state index in [9.17, 15) is 14.3 Å². The van der Waals surface area contributed by atoms with Gasteiger partial charge in [0.2, 0.25) is 0 Å². The molecule has 11 heteroatoms. The van der Waals surface area contributed by atoms with Gasteiger partial charge in [0.05, 0.1) is 17.5 Å². The number of carboxylic acids is 1. The van der Waals surface area contributed by atoms with Gasteiger partial charge in [0.15, 0.2) is 23.1 Å². The first-order valence-electron chi connectivity index (χ1n) is 8.94. The van der Waals surface area contributed by atoms with E-state index in [4.69, 9.17) is 0 Å². The molecule has 0 aliphatic heterocycles. The van der Waals surface area contributed by atoms with Crippen molar-refractivity contribution in [3.05, 3.63) is 40.7 Å². The second-order valence-electron chi connectivity index (χ2n) is 6.75. The molecular weight excluding hydrogens is 414 g/mol. The molecule has 154 valence electrons. The van der Waals surface area contributed by atoms with Crippen LogP contribution in [-0.2, 0) is 4.79 Å². The molecule has 0 amide bonds. The summed E-state index contributed by atoms with van der Waals surface area (Å²) >= 11 is 1.37. The minimum Gasteiger partial charge on any atom is -0.481 e. The molecule has 4 heterocycles. The molecule has 0 radical (unpaired) electrons. The van der Waals surface area contributed by atoms with Crippen molar-refractivity contribution in [2.45, 2.75) is 19.9 Å². The summed E-state index contributed by atoms with van der Waals surface area (Å²) in [6, 6.07) is 2.33. The maximum absolute atomic E-state index is 15.2. The summed E-state index contributed by atoms with van der Waals surface area (Å²) < 4.78 is 29.0. The molecule has 2 atom stereocenters. The van der Waals surface area contributed by atoms with Crippen LogP contribution in [-0.4, -0.2) is 42.3 Å². The van der Waals surface area contributed by atoms with Crippen LogP contribution in [0.1, 0.15) is 13.8 Å². The van der Waals surface area contributed by atoms with E-state index in [1.54, 1.807) is 23.8 Å². The number of halogens is 2. The fraction of sp³-hybridized carbons (Fsp3) is 0.211. The van der Waals surface area contributed by atoms with Gasteiger partial charge in [0, 0.05) is 17.0 Å². The summed E-state index contributed by atoms with van der Waals surface area (Å²) in [5.74, 6) is -3.18. The molecule has 0 bridgehead atoms. The zero-order chi connectivity index (χ0) is 21.4. The minimum absolute atomic E-state index is 0.0334. The third-order valence-corrected chi connectivity index (χ3v) is 5.43. The van der Waals surface area contributed by atoms with Gasteiger partial charge >= 0.3 is 5.97 Å². The van der Waals surface area contributed by atoms with Crippen molar-refractivity contribution in [1.82, 2.24) is 25.1 Å². The average Bonchev–Trinajstić information content (AvgIpc) is 3.38. The number of aromatic amines is 1. The summed E-state index contributed by atoms with van der Waals surface area (Å²) in [4.78, 5) is 23.8. The second kappa shape index (κ2) is 7.75. The molecular formula is C19H16F2N6O2S. The highest BCUT2D eigenvalue weighted by Crippen LogP contribution is 2.32. The van der Waals surface area contributed by atoms with Gasteiger partial charge in [-0.3, -0.25) is 9.89 Å². The molecule has 30 heavy (non-hydrogen) atoms. The molecule has 4 aromatic heterocycles.